The first-order chi connectivity index (χ1) is 13.2. The first-order valence-electron chi connectivity index (χ1n) is 9.34. The van der Waals surface area contributed by atoms with E-state index in [4.69, 9.17) is 4.74 Å². The maximum atomic E-state index is 12.6. The Labute approximate surface area is 167 Å². The van der Waals surface area contributed by atoms with E-state index in [1.807, 2.05) is 6.07 Å². The molecule has 0 heterocycles. The van der Waals surface area contributed by atoms with Crippen molar-refractivity contribution in [3.63, 3.8) is 0 Å². The number of ether oxygens (including phenoxy) is 1. The predicted molar refractivity (Wildman–Crippen MR) is 111 cm³/mol. The molecule has 0 aromatic heterocycles. The van der Waals surface area contributed by atoms with Gasteiger partial charge in [-0.15, -0.1) is 0 Å². The van der Waals surface area contributed by atoms with Crippen LogP contribution in [0.4, 0.5) is 5.69 Å². The summed E-state index contributed by atoms with van der Waals surface area (Å²) < 4.78 is 32.6. The Hall–Kier alpha value is -2.38. The molecule has 0 fully saturated rings. The Bertz CT molecular complexity index is 891. The lowest BCUT2D eigenvalue weighted by molar-refractivity contribution is 0.102. The van der Waals surface area contributed by atoms with Crippen LogP contribution in [-0.2, 0) is 10.0 Å². The fourth-order valence-corrected chi connectivity index (χ4v) is 3.73. The van der Waals surface area contributed by atoms with Gasteiger partial charge in [0.25, 0.3) is 5.91 Å². The van der Waals surface area contributed by atoms with E-state index in [1.54, 1.807) is 44.2 Å². The van der Waals surface area contributed by atoms with E-state index in [0.717, 1.165) is 6.42 Å². The molecule has 0 atom stereocenters. The van der Waals surface area contributed by atoms with Gasteiger partial charge in [0.2, 0.25) is 10.0 Å². The fourth-order valence-electron chi connectivity index (χ4n) is 2.48. The van der Waals surface area contributed by atoms with Gasteiger partial charge in [0.1, 0.15) is 5.75 Å². The molecule has 2 aromatic rings. The average Bonchev–Trinajstić information content (AvgIpc) is 2.61. The van der Waals surface area contributed by atoms with Crippen molar-refractivity contribution in [2.45, 2.75) is 45.1 Å². The lowest BCUT2D eigenvalue weighted by Gasteiger charge is -2.13. The Morgan fingerprint density at radius 1 is 1.00 bits per heavy atom. The third-order valence-electron chi connectivity index (χ3n) is 3.90. The predicted octanol–water partition coefficient (Wildman–Crippen LogP) is 4.05. The summed E-state index contributed by atoms with van der Waals surface area (Å²) in [7, 11) is -3.56. The zero-order valence-corrected chi connectivity index (χ0v) is 17.5. The number of amides is 1. The standard InChI is InChI=1S/C21H28N2O4S/c1-15(2)13-14-27-20-8-6-5-7-19(20)21(24)22-17-9-11-18(12-10-17)28(25,26)23-16(3)4/h5-12,15-16,23H,13-14H2,1-4H3,(H,22,24). The lowest BCUT2D eigenvalue weighted by Crippen LogP contribution is -2.30. The maximum Gasteiger partial charge on any atom is 0.259 e. The van der Waals surface area contributed by atoms with Crippen LogP contribution in [-0.4, -0.2) is 27.0 Å². The molecule has 0 saturated heterocycles. The number of sulfonamides is 1. The Morgan fingerprint density at radius 3 is 2.25 bits per heavy atom. The van der Waals surface area contributed by atoms with E-state index in [-0.39, 0.29) is 16.8 Å². The first kappa shape index (κ1) is 21.9. The van der Waals surface area contributed by atoms with Gasteiger partial charge in [-0.2, -0.15) is 0 Å². The molecule has 0 spiro atoms. The highest BCUT2D eigenvalue weighted by Crippen LogP contribution is 2.21. The minimum atomic E-state index is -3.56. The lowest BCUT2D eigenvalue weighted by atomic mass is 10.1. The number of anilines is 1. The number of benzene rings is 2. The molecular weight excluding hydrogens is 376 g/mol. The smallest absolute Gasteiger partial charge is 0.259 e. The summed E-state index contributed by atoms with van der Waals surface area (Å²) in [5.41, 5.74) is 0.940. The van der Waals surface area contributed by atoms with E-state index < -0.39 is 10.0 Å². The summed E-state index contributed by atoms with van der Waals surface area (Å²) in [6.45, 7) is 8.28. The van der Waals surface area contributed by atoms with Crippen LogP contribution < -0.4 is 14.8 Å². The van der Waals surface area contributed by atoms with Crippen molar-refractivity contribution in [3.8, 4) is 5.75 Å². The number of hydrogen-bond acceptors (Lipinski definition) is 4. The van der Waals surface area contributed by atoms with Gasteiger partial charge < -0.3 is 10.1 Å². The molecule has 0 unspecified atom stereocenters. The van der Waals surface area contributed by atoms with Crippen LogP contribution in [0, 0.1) is 5.92 Å². The minimum absolute atomic E-state index is 0.150. The number of nitrogens with one attached hydrogen (secondary N) is 2. The van der Waals surface area contributed by atoms with Crippen LogP contribution >= 0.6 is 0 Å². The molecule has 2 aromatic carbocycles. The summed E-state index contributed by atoms with van der Waals surface area (Å²) in [6.07, 6.45) is 0.899. The van der Waals surface area contributed by atoms with Crippen molar-refractivity contribution in [3.05, 3.63) is 54.1 Å². The number of rotatable bonds is 9. The Kier molecular flexibility index (Phi) is 7.60. The molecule has 0 aliphatic carbocycles. The zero-order valence-electron chi connectivity index (χ0n) is 16.7. The van der Waals surface area contributed by atoms with E-state index in [1.165, 1.54) is 12.1 Å². The number of carbonyl (C=O) groups is 1. The summed E-state index contributed by atoms with van der Waals surface area (Å²) in [5.74, 6) is 0.734. The molecule has 2 N–H and O–H groups in total. The second kappa shape index (κ2) is 9.71. The van der Waals surface area contributed by atoms with Crippen LogP contribution in [0.2, 0.25) is 0 Å². The largest absolute Gasteiger partial charge is 0.493 e. The van der Waals surface area contributed by atoms with Crippen molar-refractivity contribution in [1.82, 2.24) is 4.72 Å². The molecular formula is C21H28N2O4S. The summed E-state index contributed by atoms with van der Waals surface area (Å²) in [5, 5.41) is 2.78. The molecule has 2 rings (SSSR count). The summed E-state index contributed by atoms with van der Waals surface area (Å²) in [6, 6.07) is 12.9. The Balaban J connectivity index is 2.09. The third-order valence-corrected chi connectivity index (χ3v) is 5.57. The van der Waals surface area contributed by atoms with Crippen molar-refractivity contribution in [2.75, 3.05) is 11.9 Å². The van der Waals surface area contributed by atoms with Crippen LogP contribution in [0.15, 0.2) is 53.4 Å². The van der Waals surface area contributed by atoms with Gasteiger partial charge in [-0.1, -0.05) is 26.0 Å². The number of para-hydroxylation sites is 1. The first-order valence-corrected chi connectivity index (χ1v) is 10.8. The van der Waals surface area contributed by atoms with Crippen molar-refractivity contribution in [1.29, 1.82) is 0 Å². The second-order valence-electron chi connectivity index (χ2n) is 7.28. The van der Waals surface area contributed by atoms with Gasteiger partial charge >= 0.3 is 0 Å². The van der Waals surface area contributed by atoms with Gasteiger partial charge in [-0.25, -0.2) is 13.1 Å². The van der Waals surface area contributed by atoms with Crippen LogP contribution in [0.5, 0.6) is 5.75 Å². The van der Waals surface area contributed by atoms with Crippen LogP contribution in [0.3, 0.4) is 0 Å². The number of carbonyl (C=O) groups excluding carboxylic acids is 1. The SMILES string of the molecule is CC(C)CCOc1ccccc1C(=O)Nc1ccc(S(=O)(=O)NC(C)C)cc1. The second-order valence-corrected chi connectivity index (χ2v) is 9.00. The van der Waals surface area contributed by atoms with Crippen molar-refractivity contribution in [2.24, 2.45) is 5.92 Å². The van der Waals surface area contributed by atoms with Gasteiger partial charge in [0.05, 0.1) is 17.1 Å². The highest BCUT2D eigenvalue weighted by molar-refractivity contribution is 7.89. The molecule has 1 amide bonds. The highest BCUT2D eigenvalue weighted by Gasteiger charge is 2.16. The van der Waals surface area contributed by atoms with Gasteiger partial charge in [-0.3, -0.25) is 4.79 Å². The highest BCUT2D eigenvalue weighted by atomic mass is 32.2. The normalized spacial score (nSPS) is 11.6. The molecule has 0 aliphatic heterocycles. The molecule has 0 saturated carbocycles. The molecule has 152 valence electrons. The van der Waals surface area contributed by atoms with Gasteiger partial charge in [-0.05, 0) is 62.6 Å². The van der Waals surface area contributed by atoms with Crippen molar-refractivity contribution < 1.29 is 17.9 Å². The minimum Gasteiger partial charge on any atom is -0.493 e. The maximum absolute atomic E-state index is 12.6. The Morgan fingerprint density at radius 2 is 1.64 bits per heavy atom. The third kappa shape index (κ3) is 6.35. The molecule has 28 heavy (non-hydrogen) atoms. The molecule has 0 radical (unpaired) electrons. The van der Waals surface area contributed by atoms with Gasteiger partial charge in [0, 0.05) is 11.7 Å². The average molecular weight is 405 g/mol. The van der Waals surface area contributed by atoms with Gasteiger partial charge in [0.15, 0.2) is 0 Å². The molecule has 7 heteroatoms. The summed E-state index contributed by atoms with van der Waals surface area (Å²) in [4.78, 5) is 12.8. The van der Waals surface area contributed by atoms with Crippen LogP contribution in [0.1, 0.15) is 44.5 Å². The topological polar surface area (TPSA) is 84.5 Å². The molecule has 6 nitrogen and oxygen atoms in total. The van der Waals surface area contributed by atoms with E-state index in [9.17, 15) is 13.2 Å². The van der Waals surface area contributed by atoms with Crippen molar-refractivity contribution >= 4 is 21.6 Å². The molecule has 0 bridgehead atoms. The number of hydrogen-bond donors (Lipinski definition) is 2. The van der Waals surface area contributed by atoms with E-state index in [2.05, 4.69) is 23.9 Å². The molecule has 0 aliphatic rings. The van der Waals surface area contributed by atoms with E-state index in [0.29, 0.717) is 29.5 Å². The fraction of sp³-hybridized carbons (Fsp3) is 0.381. The van der Waals surface area contributed by atoms with Crippen LogP contribution in [0.25, 0.3) is 0 Å². The summed E-state index contributed by atoms with van der Waals surface area (Å²) >= 11 is 0. The van der Waals surface area contributed by atoms with E-state index >= 15 is 0 Å². The zero-order chi connectivity index (χ0) is 20.7. The quantitative estimate of drug-likeness (QED) is 0.660. The monoisotopic (exact) mass is 404 g/mol.